The molecule has 0 bridgehead atoms. The van der Waals surface area contributed by atoms with Crippen molar-refractivity contribution in [2.45, 2.75) is 44.8 Å². The molecule has 0 saturated heterocycles. The molecule has 0 aromatic heterocycles. The van der Waals surface area contributed by atoms with Crippen LogP contribution in [0, 0.1) is 0 Å². The Balaban J connectivity index is 2.67. The van der Waals surface area contributed by atoms with Crippen LogP contribution in [0.1, 0.15) is 33.6 Å². The van der Waals surface area contributed by atoms with Crippen molar-refractivity contribution in [2.75, 3.05) is 7.05 Å². The Morgan fingerprint density at radius 3 is 2.24 bits per heavy atom. The number of amides is 1. The highest BCUT2D eigenvalue weighted by molar-refractivity contribution is 5.80. The van der Waals surface area contributed by atoms with E-state index >= 15 is 0 Å². The van der Waals surface area contributed by atoms with Crippen LogP contribution in [-0.2, 0) is 9.53 Å². The maximum atomic E-state index is 11.8. The summed E-state index contributed by atoms with van der Waals surface area (Å²) in [6.07, 6.45) is 3.75. The van der Waals surface area contributed by atoms with Crippen molar-refractivity contribution < 1.29 is 19.4 Å². The zero-order chi connectivity index (χ0) is 13.3. The Morgan fingerprint density at radius 1 is 1.35 bits per heavy atom. The van der Waals surface area contributed by atoms with Crippen LogP contribution in [0.25, 0.3) is 0 Å². The van der Waals surface area contributed by atoms with Gasteiger partial charge in [-0.15, -0.1) is 0 Å². The SMILES string of the molecule is CN(C(=O)OC(C)(C)C)C1(/C=C/C(=O)O)CC1. The third kappa shape index (κ3) is 3.76. The predicted molar refractivity (Wildman–Crippen MR) is 62.7 cm³/mol. The van der Waals surface area contributed by atoms with Crippen LogP contribution >= 0.6 is 0 Å². The van der Waals surface area contributed by atoms with Gasteiger partial charge in [0.2, 0.25) is 0 Å². The van der Waals surface area contributed by atoms with E-state index < -0.39 is 23.2 Å². The van der Waals surface area contributed by atoms with Crippen molar-refractivity contribution >= 4 is 12.1 Å². The quantitative estimate of drug-likeness (QED) is 0.768. The van der Waals surface area contributed by atoms with E-state index in [0.29, 0.717) is 0 Å². The number of carbonyl (C=O) groups excluding carboxylic acids is 1. The second-order valence-electron chi connectivity index (χ2n) is 5.31. The predicted octanol–water partition coefficient (Wildman–Crippen LogP) is 2.03. The first-order chi connectivity index (χ1) is 7.66. The molecule has 0 aliphatic heterocycles. The smallest absolute Gasteiger partial charge is 0.410 e. The van der Waals surface area contributed by atoms with Gasteiger partial charge in [-0.25, -0.2) is 9.59 Å². The summed E-state index contributed by atoms with van der Waals surface area (Å²) >= 11 is 0. The number of hydrogen-bond donors (Lipinski definition) is 1. The second kappa shape index (κ2) is 4.39. The van der Waals surface area contributed by atoms with E-state index in [1.54, 1.807) is 33.9 Å². The minimum Gasteiger partial charge on any atom is -0.478 e. The van der Waals surface area contributed by atoms with Crippen LogP contribution in [0.4, 0.5) is 4.79 Å². The molecule has 1 N–H and O–H groups in total. The molecule has 0 aromatic carbocycles. The summed E-state index contributed by atoms with van der Waals surface area (Å²) in [6.45, 7) is 5.39. The molecule has 0 radical (unpaired) electrons. The lowest BCUT2D eigenvalue weighted by Crippen LogP contribution is -2.41. The van der Waals surface area contributed by atoms with Gasteiger partial charge in [0, 0.05) is 13.1 Å². The summed E-state index contributed by atoms with van der Waals surface area (Å²) in [4.78, 5) is 23.8. The number of likely N-dealkylation sites (N-methyl/N-ethyl adjacent to an activating group) is 1. The monoisotopic (exact) mass is 241 g/mol. The number of carboxylic acid groups (broad SMARTS) is 1. The lowest BCUT2D eigenvalue weighted by atomic mass is 10.2. The van der Waals surface area contributed by atoms with Gasteiger partial charge < -0.3 is 14.7 Å². The fourth-order valence-electron chi connectivity index (χ4n) is 1.48. The molecule has 1 fully saturated rings. The Morgan fingerprint density at radius 2 is 1.88 bits per heavy atom. The third-order valence-electron chi connectivity index (χ3n) is 2.63. The van der Waals surface area contributed by atoms with E-state index in [9.17, 15) is 9.59 Å². The summed E-state index contributed by atoms with van der Waals surface area (Å²) in [6, 6.07) is 0. The molecule has 96 valence electrons. The first-order valence-electron chi connectivity index (χ1n) is 5.55. The Kier molecular flexibility index (Phi) is 3.50. The number of nitrogens with zero attached hydrogens (tertiary/aromatic N) is 1. The van der Waals surface area contributed by atoms with Crippen molar-refractivity contribution in [1.29, 1.82) is 0 Å². The molecular formula is C12H19NO4. The van der Waals surface area contributed by atoms with Crippen molar-refractivity contribution in [2.24, 2.45) is 0 Å². The molecule has 0 atom stereocenters. The number of hydrogen-bond acceptors (Lipinski definition) is 3. The minimum atomic E-state index is -1.01. The molecule has 0 heterocycles. The molecule has 5 heteroatoms. The molecule has 17 heavy (non-hydrogen) atoms. The van der Waals surface area contributed by atoms with Crippen LogP contribution in [0.5, 0.6) is 0 Å². The topological polar surface area (TPSA) is 66.8 Å². The molecule has 1 rings (SSSR count). The summed E-state index contributed by atoms with van der Waals surface area (Å²) in [5, 5.41) is 8.59. The van der Waals surface area contributed by atoms with E-state index in [0.717, 1.165) is 18.9 Å². The molecule has 1 aliphatic carbocycles. The minimum absolute atomic E-state index is 0.426. The van der Waals surface area contributed by atoms with Gasteiger partial charge in [0.15, 0.2) is 0 Å². The van der Waals surface area contributed by atoms with Crippen molar-refractivity contribution in [3.05, 3.63) is 12.2 Å². The van der Waals surface area contributed by atoms with E-state index in [2.05, 4.69) is 0 Å². The molecule has 1 aliphatic rings. The summed E-state index contributed by atoms with van der Waals surface area (Å²) in [5.74, 6) is -1.01. The Hall–Kier alpha value is -1.52. The Bertz CT molecular complexity index is 350. The maximum absolute atomic E-state index is 11.8. The van der Waals surface area contributed by atoms with E-state index in [4.69, 9.17) is 9.84 Å². The van der Waals surface area contributed by atoms with Gasteiger partial charge in [-0.3, -0.25) is 0 Å². The molecule has 1 saturated carbocycles. The van der Waals surface area contributed by atoms with E-state index in [1.165, 1.54) is 4.90 Å². The fraction of sp³-hybridized carbons (Fsp3) is 0.667. The number of rotatable bonds is 3. The maximum Gasteiger partial charge on any atom is 0.410 e. The summed E-state index contributed by atoms with van der Waals surface area (Å²) < 4.78 is 5.24. The standard InChI is InChI=1S/C12H19NO4/c1-11(2,3)17-10(16)13(4)12(7-8-12)6-5-9(14)15/h5-6H,7-8H2,1-4H3,(H,14,15)/b6-5+. The Labute approximate surface area is 101 Å². The van der Waals surface area contributed by atoms with Gasteiger partial charge in [0.1, 0.15) is 5.60 Å². The normalized spacial score (nSPS) is 17.9. The van der Waals surface area contributed by atoms with Crippen molar-refractivity contribution in [3.63, 3.8) is 0 Å². The molecule has 0 spiro atoms. The first kappa shape index (κ1) is 13.5. The highest BCUT2D eigenvalue weighted by Crippen LogP contribution is 2.42. The van der Waals surface area contributed by atoms with Crippen LogP contribution in [0.2, 0.25) is 0 Å². The molecule has 0 unspecified atom stereocenters. The highest BCUT2D eigenvalue weighted by Gasteiger charge is 2.47. The first-order valence-corrected chi connectivity index (χ1v) is 5.55. The lowest BCUT2D eigenvalue weighted by Gasteiger charge is -2.29. The van der Waals surface area contributed by atoms with Gasteiger partial charge in [-0.1, -0.05) is 6.08 Å². The van der Waals surface area contributed by atoms with Crippen LogP contribution in [-0.4, -0.2) is 40.3 Å². The van der Waals surface area contributed by atoms with Gasteiger partial charge in [0.25, 0.3) is 0 Å². The number of ether oxygens (including phenoxy) is 1. The van der Waals surface area contributed by atoms with E-state index in [1.807, 2.05) is 0 Å². The van der Waals surface area contributed by atoms with Gasteiger partial charge in [-0.05, 0) is 33.6 Å². The number of aliphatic carboxylic acids is 1. The summed E-state index contributed by atoms with van der Waals surface area (Å²) in [7, 11) is 1.63. The van der Waals surface area contributed by atoms with Gasteiger partial charge >= 0.3 is 12.1 Å². The number of carbonyl (C=O) groups is 2. The molecule has 1 amide bonds. The molecular weight excluding hydrogens is 222 g/mol. The van der Waals surface area contributed by atoms with Crippen LogP contribution in [0.3, 0.4) is 0 Å². The van der Waals surface area contributed by atoms with Crippen molar-refractivity contribution in [1.82, 2.24) is 4.90 Å². The van der Waals surface area contributed by atoms with Crippen molar-refractivity contribution in [3.8, 4) is 0 Å². The zero-order valence-electron chi connectivity index (χ0n) is 10.7. The van der Waals surface area contributed by atoms with E-state index in [-0.39, 0.29) is 0 Å². The highest BCUT2D eigenvalue weighted by atomic mass is 16.6. The second-order valence-corrected chi connectivity index (χ2v) is 5.31. The lowest BCUT2D eigenvalue weighted by molar-refractivity contribution is -0.131. The average Bonchev–Trinajstić information content (AvgIpc) is 2.91. The third-order valence-corrected chi connectivity index (χ3v) is 2.63. The fourth-order valence-corrected chi connectivity index (χ4v) is 1.48. The largest absolute Gasteiger partial charge is 0.478 e. The summed E-state index contributed by atoms with van der Waals surface area (Å²) in [5.41, 5.74) is -1.02. The number of carboxylic acids is 1. The average molecular weight is 241 g/mol. The molecule has 0 aromatic rings. The van der Waals surface area contributed by atoms with Crippen LogP contribution in [0.15, 0.2) is 12.2 Å². The van der Waals surface area contributed by atoms with Gasteiger partial charge in [0.05, 0.1) is 5.54 Å². The zero-order valence-corrected chi connectivity index (χ0v) is 10.7. The van der Waals surface area contributed by atoms with Gasteiger partial charge in [-0.2, -0.15) is 0 Å². The molecule has 5 nitrogen and oxygen atoms in total. The van der Waals surface area contributed by atoms with Crippen LogP contribution < -0.4 is 0 Å².